The van der Waals surface area contributed by atoms with Crippen LogP contribution in [0, 0.1) is 21.8 Å². The van der Waals surface area contributed by atoms with Gasteiger partial charge in [0.15, 0.2) is 5.96 Å². The van der Waals surface area contributed by atoms with Crippen molar-refractivity contribution in [2.24, 2.45) is 10.9 Å². The van der Waals surface area contributed by atoms with Gasteiger partial charge in [0, 0.05) is 57.4 Å². The lowest BCUT2D eigenvalue weighted by Gasteiger charge is -2.38. The molecule has 2 aliphatic rings. The molecule has 0 spiro atoms. The molecule has 4 rings (SSSR count). The highest BCUT2D eigenvalue weighted by molar-refractivity contribution is 5.80. The van der Waals surface area contributed by atoms with Crippen molar-refractivity contribution < 1.29 is 14.1 Å². The molecular formula is C23H28FN5O3. The van der Waals surface area contributed by atoms with Gasteiger partial charge < -0.3 is 19.9 Å². The van der Waals surface area contributed by atoms with Gasteiger partial charge in [0.2, 0.25) is 0 Å². The molecule has 2 fully saturated rings. The third-order valence-electron chi connectivity index (χ3n) is 5.90. The van der Waals surface area contributed by atoms with Gasteiger partial charge in [-0.15, -0.1) is 0 Å². The topological polar surface area (TPSA) is 83.2 Å². The molecule has 2 aliphatic heterocycles. The molecule has 0 radical (unpaired) electrons. The minimum absolute atomic E-state index is 0.0709. The number of piperazine rings is 1. The van der Waals surface area contributed by atoms with E-state index >= 15 is 0 Å². The van der Waals surface area contributed by atoms with E-state index in [2.05, 4.69) is 15.1 Å². The van der Waals surface area contributed by atoms with Gasteiger partial charge in [-0.05, 0) is 24.1 Å². The predicted octanol–water partition coefficient (Wildman–Crippen LogP) is 3.04. The van der Waals surface area contributed by atoms with Crippen LogP contribution in [-0.4, -0.2) is 61.7 Å². The molecule has 2 aromatic carbocycles. The van der Waals surface area contributed by atoms with Crippen LogP contribution < -0.4 is 10.2 Å². The first-order valence-corrected chi connectivity index (χ1v) is 10.9. The third-order valence-corrected chi connectivity index (χ3v) is 5.90. The zero-order valence-corrected chi connectivity index (χ0v) is 18.0. The summed E-state index contributed by atoms with van der Waals surface area (Å²) in [7, 11) is 0. The van der Waals surface area contributed by atoms with Gasteiger partial charge in [-0.2, -0.15) is 0 Å². The number of anilines is 1. The molecule has 0 saturated carbocycles. The van der Waals surface area contributed by atoms with Crippen molar-refractivity contribution in [1.82, 2.24) is 10.2 Å². The number of aliphatic imine (C=N–C) groups is 1. The van der Waals surface area contributed by atoms with Gasteiger partial charge in [-0.3, -0.25) is 10.1 Å². The summed E-state index contributed by atoms with van der Waals surface area (Å²) in [4.78, 5) is 19.5. The van der Waals surface area contributed by atoms with E-state index in [-0.39, 0.29) is 11.5 Å². The Labute approximate surface area is 186 Å². The number of halogens is 1. The maximum Gasteiger partial charge on any atom is 0.269 e. The predicted molar refractivity (Wildman–Crippen MR) is 121 cm³/mol. The molecular weight excluding hydrogens is 413 g/mol. The minimum atomic E-state index is -0.404. The summed E-state index contributed by atoms with van der Waals surface area (Å²) in [6.45, 7) is 5.61. The van der Waals surface area contributed by atoms with Crippen molar-refractivity contribution in [1.29, 1.82) is 0 Å². The average Bonchev–Trinajstić information content (AvgIpc) is 3.34. The summed E-state index contributed by atoms with van der Waals surface area (Å²) in [6.07, 6.45) is 1.03. The fourth-order valence-corrected chi connectivity index (χ4v) is 4.00. The number of hydrogen-bond donors (Lipinski definition) is 1. The Bertz CT molecular complexity index is 939. The number of benzene rings is 2. The average molecular weight is 442 g/mol. The van der Waals surface area contributed by atoms with E-state index in [0.29, 0.717) is 31.2 Å². The molecule has 0 amide bonds. The normalized spacial score (nSPS) is 19.3. The number of guanidine groups is 1. The van der Waals surface area contributed by atoms with Crippen molar-refractivity contribution in [2.45, 2.75) is 13.0 Å². The van der Waals surface area contributed by atoms with Crippen molar-refractivity contribution in [3.05, 3.63) is 70.0 Å². The number of hydrogen-bond acceptors (Lipinski definition) is 5. The molecule has 2 aromatic rings. The van der Waals surface area contributed by atoms with E-state index in [1.165, 1.54) is 18.2 Å². The van der Waals surface area contributed by atoms with Gasteiger partial charge in [-0.1, -0.05) is 24.3 Å². The molecule has 1 unspecified atom stereocenters. The van der Waals surface area contributed by atoms with Crippen LogP contribution >= 0.6 is 0 Å². The molecule has 170 valence electrons. The second-order valence-corrected chi connectivity index (χ2v) is 8.10. The molecule has 2 heterocycles. The number of nitrogens with one attached hydrogen (secondary N) is 1. The van der Waals surface area contributed by atoms with Crippen LogP contribution in [0.15, 0.2) is 53.5 Å². The summed E-state index contributed by atoms with van der Waals surface area (Å²) in [5.74, 6) is 1.06. The highest BCUT2D eigenvalue weighted by atomic mass is 19.1. The number of ether oxygens (including phenoxy) is 1. The van der Waals surface area contributed by atoms with Crippen LogP contribution in [0.5, 0.6) is 0 Å². The smallest absolute Gasteiger partial charge is 0.269 e. The van der Waals surface area contributed by atoms with Gasteiger partial charge in [-0.25, -0.2) is 9.38 Å². The van der Waals surface area contributed by atoms with Gasteiger partial charge in [0.1, 0.15) is 5.82 Å². The largest absolute Gasteiger partial charge is 0.381 e. The van der Waals surface area contributed by atoms with Crippen LogP contribution in [0.25, 0.3) is 0 Å². The number of para-hydroxylation sites is 1. The lowest BCUT2D eigenvalue weighted by atomic mass is 10.1. The lowest BCUT2D eigenvalue weighted by molar-refractivity contribution is -0.384. The van der Waals surface area contributed by atoms with Gasteiger partial charge >= 0.3 is 0 Å². The Kier molecular flexibility index (Phi) is 7.16. The van der Waals surface area contributed by atoms with Crippen molar-refractivity contribution in [3.63, 3.8) is 0 Å². The highest BCUT2D eigenvalue weighted by Crippen LogP contribution is 2.20. The standard InChI is InChI=1S/C23H28FN5O3/c24-21-3-1-2-4-22(21)27-10-12-28(13-11-27)23(26-16-19-9-14-32-17-19)25-15-18-5-7-20(8-6-18)29(30)31/h1-8,19H,9-17H2,(H,25,26). The summed E-state index contributed by atoms with van der Waals surface area (Å²) in [5.41, 5.74) is 1.61. The maximum absolute atomic E-state index is 14.2. The second kappa shape index (κ2) is 10.4. The SMILES string of the molecule is O=[N+]([O-])c1ccc(CN=C(NCC2CCOC2)N2CCN(c3ccccc3F)CC2)cc1. The molecule has 2 saturated heterocycles. The molecule has 1 atom stereocenters. The van der Waals surface area contributed by atoms with Crippen LogP contribution in [0.4, 0.5) is 15.8 Å². The summed E-state index contributed by atoms with van der Waals surface area (Å²) >= 11 is 0. The zero-order chi connectivity index (χ0) is 22.3. The van der Waals surface area contributed by atoms with E-state index in [1.807, 2.05) is 12.1 Å². The first-order valence-electron chi connectivity index (χ1n) is 10.9. The van der Waals surface area contributed by atoms with Crippen LogP contribution in [0.3, 0.4) is 0 Å². The summed E-state index contributed by atoms with van der Waals surface area (Å²) in [6, 6.07) is 13.3. The van der Waals surface area contributed by atoms with E-state index in [0.717, 1.165) is 50.8 Å². The minimum Gasteiger partial charge on any atom is -0.381 e. The van der Waals surface area contributed by atoms with Crippen molar-refractivity contribution >= 4 is 17.3 Å². The fraction of sp³-hybridized carbons (Fsp3) is 0.435. The summed E-state index contributed by atoms with van der Waals surface area (Å²) in [5, 5.41) is 14.4. The Morgan fingerprint density at radius 3 is 2.56 bits per heavy atom. The van der Waals surface area contributed by atoms with Crippen molar-refractivity contribution in [2.75, 3.05) is 50.8 Å². The maximum atomic E-state index is 14.2. The van der Waals surface area contributed by atoms with Crippen LogP contribution in [-0.2, 0) is 11.3 Å². The van der Waals surface area contributed by atoms with E-state index < -0.39 is 4.92 Å². The van der Waals surface area contributed by atoms with E-state index in [9.17, 15) is 14.5 Å². The number of nitro benzene ring substituents is 1. The molecule has 32 heavy (non-hydrogen) atoms. The first kappa shape index (κ1) is 22.0. The van der Waals surface area contributed by atoms with Crippen LogP contribution in [0.2, 0.25) is 0 Å². The van der Waals surface area contributed by atoms with Gasteiger partial charge in [0.25, 0.3) is 5.69 Å². The Morgan fingerprint density at radius 2 is 1.91 bits per heavy atom. The number of nitro groups is 1. The van der Waals surface area contributed by atoms with Crippen molar-refractivity contribution in [3.8, 4) is 0 Å². The number of non-ortho nitro benzene ring substituents is 1. The molecule has 0 aliphatic carbocycles. The third kappa shape index (κ3) is 5.53. The Hall–Kier alpha value is -3.20. The zero-order valence-electron chi connectivity index (χ0n) is 18.0. The fourth-order valence-electron chi connectivity index (χ4n) is 4.00. The molecule has 8 nitrogen and oxygen atoms in total. The lowest BCUT2D eigenvalue weighted by Crippen LogP contribution is -2.53. The van der Waals surface area contributed by atoms with E-state index in [4.69, 9.17) is 9.73 Å². The highest BCUT2D eigenvalue weighted by Gasteiger charge is 2.23. The van der Waals surface area contributed by atoms with Crippen LogP contribution in [0.1, 0.15) is 12.0 Å². The molecule has 0 bridgehead atoms. The Balaban J connectivity index is 1.42. The quantitative estimate of drug-likeness (QED) is 0.321. The summed E-state index contributed by atoms with van der Waals surface area (Å²) < 4.78 is 19.6. The van der Waals surface area contributed by atoms with E-state index in [1.54, 1.807) is 18.2 Å². The number of rotatable bonds is 6. The monoisotopic (exact) mass is 441 g/mol. The first-order chi connectivity index (χ1) is 15.6. The molecule has 0 aromatic heterocycles. The molecule has 9 heteroatoms. The Morgan fingerprint density at radius 1 is 1.16 bits per heavy atom. The second-order valence-electron chi connectivity index (χ2n) is 8.10. The van der Waals surface area contributed by atoms with Gasteiger partial charge in [0.05, 0.1) is 23.8 Å². The number of nitrogens with zero attached hydrogens (tertiary/aromatic N) is 4. The molecule has 1 N–H and O–H groups in total.